The SMILES string of the molecule is CCCCC1OC(CCc2ccc(O)c(OCC(O)[C+]3C=C4C(=N3)C3C=CC5(CCCC5C35CCCC5)C4CNCC(C)O)c2)=C[C-]1CO. The summed E-state index contributed by atoms with van der Waals surface area (Å²) in [6.07, 6.45) is 20.9. The summed E-state index contributed by atoms with van der Waals surface area (Å²) in [7, 11) is 0. The van der Waals surface area contributed by atoms with Gasteiger partial charge in [-0.3, -0.25) is 0 Å². The second-order valence-electron chi connectivity index (χ2n) is 15.6. The van der Waals surface area contributed by atoms with E-state index in [9.17, 15) is 20.4 Å². The predicted molar refractivity (Wildman–Crippen MR) is 191 cm³/mol. The van der Waals surface area contributed by atoms with Crippen molar-refractivity contribution >= 4 is 5.71 Å². The molecule has 0 radical (unpaired) electrons. The highest BCUT2D eigenvalue weighted by Gasteiger charge is 2.68. The molecule has 2 bridgehead atoms. The van der Waals surface area contributed by atoms with E-state index < -0.39 is 12.2 Å². The molecule has 1 aromatic rings. The fourth-order valence-electron chi connectivity index (χ4n) is 10.4. The van der Waals surface area contributed by atoms with Gasteiger partial charge in [0.2, 0.25) is 0 Å². The topological polar surface area (TPSA) is 124 Å². The molecule has 1 aromatic carbocycles. The van der Waals surface area contributed by atoms with Crippen molar-refractivity contribution in [3.63, 3.8) is 0 Å². The summed E-state index contributed by atoms with van der Waals surface area (Å²) in [6, 6.07) is 6.01. The number of ether oxygens (including phenoxy) is 2. The molecule has 8 nitrogen and oxygen atoms in total. The molecule has 0 saturated heterocycles. The van der Waals surface area contributed by atoms with Gasteiger partial charge in [-0.25, -0.2) is 0 Å². The summed E-state index contributed by atoms with van der Waals surface area (Å²) in [5.74, 6) is 3.34. The van der Waals surface area contributed by atoms with Crippen LogP contribution in [-0.4, -0.2) is 70.8 Å². The van der Waals surface area contributed by atoms with Gasteiger partial charge in [0, 0.05) is 31.2 Å². The summed E-state index contributed by atoms with van der Waals surface area (Å²) < 4.78 is 12.2. The Morgan fingerprint density at radius 2 is 2.00 bits per heavy atom. The fraction of sp³-hybridized carbons (Fsp3) is 0.634. The van der Waals surface area contributed by atoms with E-state index in [0.29, 0.717) is 37.1 Å². The normalized spacial score (nSPS) is 30.5. The van der Waals surface area contributed by atoms with Crippen molar-refractivity contribution in [1.82, 2.24) is 5.32 Å². The summed E-state index contributed by atoms with van der Waals surface area (Å²) in [5.41, 5.74) is 3.69. The van der Waals surface area contributed by atoms with E-state index in [2.05, 4.69) is 30.5 Å². The molecule has 7 unspecified atom stereocenters. The molecule has 2 aliphatic heterocycles. The molecule has 8 heteroatoms. The molecule has 8 rings (SSSR count). The number of phenolic OH excluding ortho intramolecular Hbond substituents is 1. The number of aliphatic imine (C=N–C) groups is 1. The van der Waals surface area contributed by atoms with Crippen LogP contribution in [0, 0.1) is 40.5 Å². The molecule has 7 atom stereocenters. The molecule has 266 valence electrons. The minimum Gasteiger partial charge on any atom is -0.592 e. The number of benzene rings is 1. The number of nitrogens with one attached hydrogen (secondary N) is 1. The van der Waals surface area contributed by atoms with E-state index in [4.69, 9.17) is 14.5 Å². The molecule has 0 amide bonds. The first kappa shape index (κ1) is 34.5. The molecule has 7 aliphatic rings. The molecule has 2 heterocycles. The highest BCUT2D eigenvalue weighted by Crippen LogP contribution is 2.70. The van der Waals surface area contributed by atoms with Crippen molar-refractivity contribution < 1.29 is 29.9 Å². The Balaban J connectivity index is 1.05. The van der Waals surface area contributed by atoms with Gasteiger partial charge in [-0.15, -0.1) is 4.99 Å². The van der Waals surface area contributed by atoms with Crippen LogP contribution in [0.2, 0.25) is 0 Å². The Hall–Kier alpha value is -2.91. The highest BCUT2D eigenvalue weighted by atomic mass is 16.5. The zero-order valence-corrected chi connectivity index (χ0v) is 29.4. The maximum Gasteiger partial charge on any atom is 0.197 e. The van der Waals surface area contributed by atoms with E-state index in [1.807, 2.05) is 25.1 Å². The number of rotatable bonds is 15. The van der Waals surface area contributed by atoms with Gasteiger partial charge in [-0.2, -0.15) is 12.0 Å². The van der Waals surface area contributed by atoms with Crippen LogP contribution in [0.3, 0.4) is 0 Å². The van der Waals surface area contributed by atoms with E-state index in [1.54, 1.807) is 6.07 Å². The van der Waals surface area contributed by atoms with Crippen molar-refractivity contribution in [2.45, 2.75) is 109 Å². The molecule has 49 heavy (non-hydrogen) atoms. The predicted octanol–water partition coefficient (Wildman–Crippen LogP) is 6.15. The van der Waals surface area contributed by atoms with Crippen LogP contribution in [0.15, 0.2) is 58.8 Å². The number of allylic oxidation sites excluding steroid dienone is 3. The Morgan fingerprint density at radius 3 is 2.78 bits per heavy atom. The molecule has 5 aliphatic carbocycles. The van der Waals surface area contributed by atoms with Gasteiger partial charge in [0.05, 0.1) is 24.0 Å². The largest absolute Gasteiger partial charge is 0.592 e. The van der Waals surface area contributed by atoms with E-state index >= 15 is 0 Å². The summed E-state index contributed by atoms with van der Waals surface area (Å²) >= 11 is 0. The quantitative estimate of drug-likeness (QED) is 0.112. The molecule has 5 N–H and O–H groups in total. The highest BCUT2D eigenvalue weighted by molar-refractivity contribution is 6.07. The Bertz CT molecular complexity index is 1460. The lowest BCUT2D eigenvalue weighted by Crippen LogP contribution is -2.48. The second-order valence-corrected chi connectivity index (χ2v) is 15.6. The Morgan fingerprint density at radius 1 is 1.16 bits per heavy atom. The lowest BCUT2D eigenvalue weighted by molar-refractivity contribution is 0.0313. The maximum atomic E-state index is 11.5. The minimum absolute atomic E-state index is 0.0127. The number of aliphatic hydroxyl groups is 3. The average molecular weight is 673 g/mol. The maximum absolute atomic E-state index is 11.5. The van der Waals surface area contributed by atoms with Crippen LogP contribution in [0.25, 0.3) is 0 Å². The number of hydrogen-bond acceptors (Lipinski definition) is 8. The van der Waals surface area contributed by atoms with Crippen LogP contribution < -0.4 is 10.1 Å². The molecular weight excluding hydrogens is 616 g/mol. The smallest absolute Gasteiger partial charge is 0.197 e. The van der Waals surface area contributed by atoms with Crippen molar-refractivity contribution in [2.24, 2.45) is 33.6 Å². The lowest BCUT2D eigenvalue weighted by Gasteiger charge is -2.49. The first-order valence-corrected chi connectivity index (χ1v) is 19.0. The van der Waals surface area contributed by atoms with Crippen LogP contribution in [0.5, 0.6) is 11.5 Å². The van der Waals surface area contributed by atoms with Crippen molar-refractivity contribution in [2.75, 3.05) is 26.3 Å². The minimum atomic E-state index is -0.940. The molecule has 3 fully saturated rings. The van der Waals surface area contributed by atoms with Crippen LogP contribution in [0.1, 0.15) is 90.0 Å². The standard InChI is InChI=1S/C41H56N2O6/c1-3-4-8-36-28(24-44)20-29(49-36)12-10-27-11-13-34(46)37(19-27)48-25-35(47)33-21-30-32(23-42-22-26(2)45)41-17-7-9-38(41)40(15-5-6-16-40)31(14-18-41)39(30)43-33/h11,13-14,18-21,26,31-32,35-36,38,42,44-47H,3-10,12,15-17,22-25H2,1-2H3. The number of aryl methyl sites for hydroxylation is 1. The fourth-order valence-corrected chi connectivity index (χ4v) is 10.4. The van der Waals surface area contributed by atoms with Gasteiger partial charge in [-0.05, 0) is 74.5 Å². The summed E-state index contributed by atoms with van der Waals surface area (Å²) in [6.45, 7) is 5.31. The zero-order chi connectivity index (χ0) is 34.2. The van der Waals surface area contributed by atoms with Gasteiger partial charge in [0.25, 0.3) is 0 Å². The third-order valence-electron chi connectivity index (χ3n) is 12.6. The number of aliphatic hydroxyl groups excluding tert-OH is 3. The van der Waals surface area contributed by atoms with E-state index in [0.717, 1.165) is 48.8 Å². The van der Waals surface area contributed by atoms with Crippen molar-refractivity contribution in [3.8, 4) is 11.5 Å². The Kier molecular flexibility index (Phi) is 10.1. The number of nitrogens with zero attached hydrogens (tertiary/aromatic N) is 1. The van der Waals surface area contributed by atoms with Gasteiger partial charge < -0.3 is 35.2 Å². The van der Waals surface area contributed by atoms with E-state index in [-0.39, 0.29) is 47.7 Å². The number of aromatic hydroxyl groups is 1. The third kappa shape index (κ3) is 6.43. The zero-order valence-electron chi connectivity index (χ0n) is 29.4. The first-order valence-electron chi connectivity index (χ1n) is 19.0. The monoisotopic (exact) mass is 672 g/mol. The van der Waals surface area contributed by atoms with Gasteiger partial charge in [0.15, 0.2) is 29.4 Å². The Labute approximate surface area is 292 Å². The number of phenols is 1. The van der Waals surface area contributed by atoms with E-state index in [1.165, 1.54) is 50.5 Å². The molecular formula is C41H56N2O6. The van der Waals surface area contributed by atoms with Crippen molar-refractivity contribution in [1.29, 1.82) is 0 Å². The van der Waals surface area contributed by atoms with Crippen molar-refractivity contribution in [3.05, 3.63) is 71.4 Å². The summed E-state index contributed by atoms with van der Waals surface area (Å²) in [4.78, 5) is 5.23. The molecule has 2 spiro atoms. The second kappa shape index (κ2) is 14.4. The van der Waals surface area contributed by atoms with Gasteiger partial charge in [0.1, 0.15) is 12.2 Å². The average Bonchev–Trinajstić information content (AvgIpc) is 3.90. The molecule has 0 aromatic heterocycles. The lowest BCUT2D eigenvalue weighted by atomic mass is 9.53. The van der Waals surface area contributed by atoms with Crippen LogP contribution in [0.4, 0.5) is 0 Å². The number of hydrogen-bond donors (Lipinski definition) is 5. The van der Waals surface area contributed by atoms with Gasteiger partial charge >= 0.3 is 0 Å². The third-order valence-corrected chi connectivity index (χ3v) is 12.6. The summed E-state index contributed by atoms with van der Waals surface area (Å²) in [5, 5.41) is 45.6. The van der Waals surface area contributed by atoms with Crippen LogP contribution in [-0.2, 0) is 11.2 Å². The number of unbranched alkanes of at least 4 members (excludes halogenated alkanes) is 1. The molecule has 3 saturated carbocycles. The van der Waals surface area contributed by atoms with Crippen LogP contribution >= 0.6 is 0 Å². The van der Waals surface area contributed by atoms with Gasteiger partial charge in [-0.1, -0.05) is 69.4 Å². The first-order chi connectivity index (χ1) is 23.8.